The van der Waals surface area contributed by atoms with Crippen molar-refractivity contribution >= 4 is 22.4 Å². The summed E-state index contributed by atoms with van der Waals surface area (Å²) in [6.45, 7) is 27.2. The average molecular weight is 809 g/mol. The molecule has 4 rings (SSSR count). The first kappa shape index (κ1) is 47.3. The summed E-state index contributed by atoms with van der Waals surface area (Å²) < 4.78 is 45.7. The van der Waals surface area contributed by atoms with E-state index in [1.54, 1.807) is 28.4 Å². The second kappa shape index (κ2) is 20.6. The van der Waals surface area contributed by atoms with Gasteiger partial charge in [0.2, 0.25) is 0 Å². The number of ketones is 1. The molecule has 0 spiro atoms. The van der Waals surface area contributed by atoms with Gasteiger partial charge in [0.05, 0.1) is 26.9 Å². The highest BCUT2D eigenvalue weighted by Gasteiger charge is 2.47. The summed E-state index contributed by atoms with van der Waals surface area (Å²) in [6, 6.07) is 12.1. The van der Waals surface area contributed by atoms with Crippen LogP contribution in [0.15, 0.2) is 60.2 Å². The Morgan fingerprint density at radius 3 is 2.04 bits per heavy atom. The molecule has 0 bridgehead atoms. The van der Waals surface area contributed by atoms with E-state index in [0.717, 1.165) is 45.8 Å². The van der Waals surface area contributed by atoms with Crippen LogP contribution >= 0.6 is 0 Å². The molecular formula is C45H68O9Si2. The molecule has 0 saturated heterocycles. The smallest absolute Gasteiger partial charge is 0.194 e. The number of Topliss-reactive ketones (excluding diaryl/α,β-unsaturated/α-hetero) is 1. The van der Waals surface area contributed by atoms with Crippen molar-refractivity contribution in [1.82, 2.24) is 0 Å². The monoisotopic (exact) mass is 808 g/mol. The zero-order valence-corrected chi connectivity index (χ0v) is 38.6. The first-order valence-electron chi connectivity index (χ1n) is 19.4. The van der Waals surface area contributed by atoms with Crippen LogP contribution in [-0.4, -0.2) is 77.7 Å². The van der Waals surface area contributed by atoms with Crippen LogP contribution < -0.4 is 9.47 Å². The minimum atomic E-state index is -2.09. The topological polar surface area (TPSA) is 90.9 Å². The lowest BCUT2D eigenvalue weighted by Crippen LogP contribution is -2.43. The number of hydrogen-bond donors (Lipinski definition) is 0. The van der Waals surface area contributed by atoms with E-state index in [4.69, 9.17) is 37.3 Å². The molecule has 0 amide bonds. The molecule has 0 aliphatic heterocycles. The fraction of sp³-hybridized carbons (Fsp3) is 0.578. The Bertz CT molecular complexity index is 1720. The second-order valence-electron chi connectivity index (χ2n) is 17.4. The van der Waals surface area contributed by atoms with Crippen molar-refractivity contribution < 1.29 is 42.1 Å². The molecule has 2 aromatic carbocycles. The zero-order valence-electron chi connectivity index (χ0n) is 36.6. The molecular weight excluding hydrogens is 741 g/mol. The SMILES string of the molecule is C=CCc1c(OC)cccc1[C@H](C#CCOCOC)O[Si](C)(C)C(C)(C)C.COCOCC1=C2[C@H](CC1=O)Cc1c(OC)cccc1[C@H]2O[Si](C)(C)C(C)(C)C. The van der Waals surface area contributed by atoms with Crippen molar-refractivity contribution in [2.24, 2.45) is 5.92 Å². The molecule has 0 radical (unpaired) electrons. The van der Waals surface area contributed by atoms with Gasteiger partial charge in [0.25, 0.3) is 0 Å². The molecule has 0 fully saturated rings. The molecule has 0 aromatic heterocycles. The number of allylic oxidation sites excluding steroid dienone is 1. The van der Waals surface area contributed by atoms with Crippen molar-refractivity contribution in [3.8, 4) is 23.3 Å². The molecule has 3 atom stereocenters. The maximum absolute atomic E-state index is 12.9. The van der Waals surface area contributed by atoms with Gasteiger partial charge in [-0.2, -0.15) is 0 Å². The molecule has 0 unspecified atom stereocenters. The Labute approximate surface area is 339 Å². The summed E-state index contributed by atoms with van der Waals surface area (Å²) in [4.78, 5) is 12.9. The number of hydrogen-bond acceptors (Lipinski definition) is 9. The minimum Gasteiger partial charge on any atom is -0.496 e. The van der Waals surface area contributed by atoms with Crippen LogP contribution in [0, 0.1) is 17.8 Å². The van der Waals surface area contributed by atoms with Crippen molar-refractivity contribution in [2.75, 3.05) is 55.2 Å². The summed E-state index contributed by atoms with van der Waals surface area (Å²) in [5.74, 6) is 8.35. The van der Waals surface area contributed by atoms with E-state index in [-0.39, 0.29) is 54.2 Å². The lowest BCUT2D eigenvalue weighted by Gasteiger charge is -2.43. The molecule has 2 aliphatic rings. The Balaban J connectivity index is 0.000000301. The van der Waals surface area contributed by atoms with E-state index >= 15 is 0 Å². The average Bonchev–Trinajstić information content (AvgIpc) is 3.44. The summed E-state index contributed by atoms with van der Waals surface area (Å²) in [6.07, 6.45) is 3.30. The van der Waals surface area contributed by atoms with Gasteiger partial charge in [-0.15, -0.1) is 6.58 Å². The van der Waals surface area contributed by atoms with E-state index < -0.39 is 16.6 Å². The van der Waals surface area contributed by atoms with Gasteiger partial charge in [0, 0.05) is 37.3 Å². The third kappa shape index (κ3) is 11.8. The van der Waals surface area contributed by atoms with Crippen LogP contribution in [0.4, 0.5) is 0 Å². The molecule has 56 heavy (non-hydrogen) atoms. The Morgan fingerprint density at radius 1 is 0.839 bits per heavy atom. The summed E-state index contributed by atoms with van der Waals surface area (Å²) in [5.41, 5.74) is 6.25. The fourth-order valence-electron chi connectivity index (χ4n) is 6.39. The molecule has 0 N–H and O–H groups in total. The first-order chi connectivity index (χ1) is 26.3. The van der Waals surface area contributed by atoms with Crippen molar-refractivity contribution in [3.05, 3.63) is 82.5 Å². The number of benzene rings is 2. The number of rotatable bonds is 16. The number of methoxy groups -OCH3 is 4. The van der Waals surface area contributed by atoms with E-state index in [1.165, 1.54) is 5.56 Å². The van der Waals surface area contributed by atoms with Gasteiger partial charge in [-0.25, -0.2) is 0 Å². The highest BCUT2D eigenvalue weighted by molar-refractivity contribution is 6.74. The zero-order chi connectivity index (χ0) is 41.9. The lowest BCUT2D eigenvalue weighted by molar-refractivity contribution is -0.116. The fourth-order valence-corrected chi connectivity index (χ4v) is 8.72. The van der Waals surface area contributed by atoms with E-state index in [0.29, 0.717) is 19.4 Å². The first-order valence-corrected chi connectivity index (χ1v) is 25.3. The Morgan fingerprint density at radius 2 is 1.45 bits per heavy atom. The summed E-state index contributed by atoms with van der Waals surface area (Å²) in [7, 11) is 2.44. The van der Waals surface area contributed by atoms with Gasteiger partial charge in [-0.05, 0) is 83.9 Å². The third-order valence-electron chi connectivity index (χ3n) is 11.5. The van der Waals surface area contributed by atoms with E-state index in [2.05, 4.69) is 98.3 Å². The number of ether oxygens (including phenoxy) is 6. The number of carbonyl (C=O) groups excluding carboxylic acids is 1. The lowest BCUT2D eigenvalue weighted by atomic mass is 9.78. The van der Waals surface area contributed by atoms with Gasteiger partial charge in [-0.1, -0.05) is 83.7 Å². The minimum absolute atomic E-state index is 0.0643. The highest BCUT2D eigenvalue weighted by Crippen LogP contribution is 2.52. The van der Waals surface area contributed by atoms with E-state index in [9.17, 15) is 4.79 Å². The molecule has 0 heterocycles. The largest absolute Gasteiger partial charge is 0.496 e. The molecule has 2 aromatic rings. The van der Waals surface area contributed by atoms with Crippen molar-refractivity contribution in [2.45, 2.75) is 109 Å². The van der Waals surface area contributed by atoms with Gasteiger partial charge >= 0.3 is 0 Å². The van der Waals surface area contributed by atoms with Crippen LogP contribution in [0.2, 0.25) is 36.3 Å². The second-order valence-corrected chi connectivity index (χ2v) is 26.9. The maximum Gasteiger partial charge on any atom is 0.194 e. The predicted molar refractivity (Wildman–Crippen MR) is 229 cm³/mol. The summed E-state index contributed by atoms with van der Waals surface area (Å²) >= 11 is 0. The normalized spacial score (nSPS) is 17.6. The Kier molecular flexibility index (Phi) is 17.4. The molecule has 310 valence electrons. The number of carbonyl (C=O) groups is 1. The van der Waals surface area contributed by atoms with Gasteiger partial charge in [0.1, 0.15) is 37.8 Å². The van der Waals surface area contributed by atoms with Crippen LogP contribution in [0.25, 0.3) is 0 Å². The predicted octanol–water partition coefficient (Wildman–Crippen LogP) is 9.93. The third-order valence-corrected chi connectivity index (χ3v) is 20.3. The van der Waals surface area contributed by atoms with Crippen molar-refractivity contribution in [1.29, 1.82) is 0 Å². The van der Waals surface area contributed by atoms with E-state index in [1.807, 2.05) is 30.3 Å². The maximum atomic E-state index is 12.9. The van der Waals surface area contributed by atoms with Gasteiger partial charge < -0.3 is 37.3 Å². The summed E-state index contributed by atoms with van der Waals surface area (Å²) in [5, 5.41) is 0.145. The van der Waals surface area contributed by atoms with Crippen LogP contribution in [-0.2, 0) is 45.4 Å². The Hall–Kier alpha value is -3.06. The van der Waals surface area contributed by atoms with Crippen molar-refractivity contribution in [3.63, 3.8) is 0 Å². The quantitative estimate of drug-likeness (QED) is 0.0541. The highest BCUT2D eigenvalue weighted by atomic mass is 28.4. The standard InChI is InChI=1S/C23H34O5Si.C22H34O4Si/c1-23(2,3)29(6,7)28-22-16-9-8-10-20(26-5)17(16)11-15-12-19(24)18(21(15)22)13-27-14-25-4;1-9-12-18-19(13-10-14-20(18)24-6)21(15-11-16-25-17-23-5)26-27(7,8)22(2,3)4/h8-10,15,22H,11-14H2,1-7H3;9-10,13-14,21H,1,12,16-17H2,2-8H3/t15-,22+;21-/m00/s1. The van der Waals surface area contributed by atoms with Crippen LogP contribution in [0.5, 0.6) is 11.5 Å². The van der Waals surface area contributed by atoms with Gasteiger partial charge in [0.15, 0.2) is 22.4 Å². The van der Waals surface area contributed by atoms with Gasteiger partial charge in [-0.3, -0.25) is 4.79 Å². The molecule has 9 nitrogen and oxygen atoms in total. The number of fused-ring (bicyclic) bond motifs is 2. The van der Waals surface area contributed by atoms with Crippen LogP contribution in [0.3, 0.4) is 0 Å². The molecule has 11 heteroatoms. The molecule has 2 aliphatic carbocycles. The molecule has 0 saturated carbocycles. The van der Waals surface area contributed by atoms with Crippen LogP contribution in [0.1, 0.15) is 82.4 Å².